The van der Waals surface area contributed by atoms with Crippen molar-refractivity contribution in [2.75, 3.05) is 18.5 Å². The van der Waals surface area contributed by atoms with Crippen LogP contribution in [-0.2, 0) is 19.1 Å². The number of esters is 2. The number of thiophene rings is 1. The fourth-order valence-electron chi connectivity index (χ4n) is 6.88. The van der Waals surface area contributed by atoms with Gasteiger partial charge in [0.05, 0.1) is 17.6 Å². The zero-order valence-electron chi connectivity index (χ0n) is 20.1. The van der Waals surface area contributed by atoms with Gasteiger partial charge in [0.15, 0.2) is 6.61 Å². The Kier molecular flexibility index (Phi) is 6.21. The number of amides is 1. The molecule has 0 radical (unpaired) electrons. The first-order valence-corrected chi connectivity index (χ1v) is 13.1. The molecular weight excluding hydrogens is 466 g/mol. The van der Waals surface area contributed by atoms with Gasteiger partial charge in [-0.2, -0.15) is 0 Å². The van der Waals surface area contributed by atoms with Crippen molar-refractivity contribution in [2.24, 2.45) is 17.3 Å². The van der Waals surface area contributed by atoms with E-state index in [0.717, 1.165) is 48.1 Å². The first-order chi connectivity index (χ1) is 16.7. The molecule has 4 aliphatic carbocycles. The Bertz CT molecular complexity index is 1140. The van der Waals surface area contributed by atoms with Crippen LogP contribution >= 0.6 is 11.3 Å². The molecule has 186 valence electrons. The van der Waals surface area contributed by atoms with E-state index in [4.69, 9.17) is 9.47 Å². The predicted octanol–water partition coefficient (Wildman–Crippen LogP) is 4.71. The Morgan fingerprint density at radius 3 is 2.40 bits per heavy atom. The van der Waals surface area contributed by atoms with Crippen molar-refractivity contribution in [3.8, 4) is 11.1 Å². The minimum absolute atomic E-state index is 0.212. The Labute approximate surface area is 208 Å². The third-order valence-corrected chi connectivity index (χ3v) is 8.70. The molecule has 2 N–H and O–H groups in total. The van der Waals surface area contributed by atoms with Crippen molar-refractivity contribution in [3.63, 3.8) is 0 Å². The van der Waals surface area contributed by atoms with Crippen LogP contribution in [0, 0.1) is 24.2 Å². The largest absolute Gasteiger partial charge is 0.462 e. The van der Waals surface area contributed by atoms with E-state index >= 15 is 0 Å². The minimum Gasteiger partial charge on any atom is -0.462 e. The smallest absolute Gasteiger partial charge is 0.341 e. The molecule has 2 unspecified atom stereocenters. The number of hydrogen-bond acceptors (Lipinski definition) is 7. The number of benzene rings is 1. The summed E-state index contributed by atoms with van der Waals surface area (Å²) in [6, 6.07) is 9.49. The maximum absolute atomic E-state index is 13.1. The Morgan fingerprint density at radius 1 is 1.09 bits per heavy atom. The predicted molar refractivity (Wildman–Crippen MR) is 132 cm³/mol. The van der Waals surface area contributed by atoms with Gasteiger partial charge in [0.1, 0.15) is 10.6 Å². The third kappa shape index (κ3) is 4.49. The lowest BCUT2D eigenvalue weighted by Crippen LogP contribution is -2.58. The van der Waals surface area contributed by atoms with Gasteiger partial charge in [0, 0.05) is 10.4 Å². The number of anilines is 1. The van der Waals surface area contributed by atoms with E-state index in [1.807, 2.05) is 37.3 Å². The number of aryl methyl sites for hydroxylation is 1. The van der Waals surface area contributed by atoms with Crippen molar-refractivity contribution in [1.82, 2.24) is 0 Å². The van der Waals surface area contributed by atoms with E-state index in [1.165, 1.54) is 11.3 Å². The van der Waals surface area contributed by atoms with Crippen LogP contribution in [0.5, 0.6) is 0 Å². The van der Waals surface area contributed by atoms with E-state index in [2.05, 4.69) is 5.32 Å². The van der Waals surface area contributed by atoms with E-state index in [1.54, 1.807) is 6.92 Å². The van der Waals surface area contributed by atoms with Gasteiger partial charge in [-0.1, -0.05) is 30.3 Å². The number of carbonyl (C=O) groups is 3. The fraction of sp³-hybridized carbons (Fsp3) is 0.519. The van der Waals surface area contributed by atoms with Gasteiger partial charge < -0.3 is 19.9 Å². The average Bonchev–Trinajstić information content (AvgIpc) is 3.12. The summed E-state index contributed by atoms with van der Waals surface area (Å²) < 4.78 is 10.8. The Hall–Kier alpha value is -2.71. The standard InChI is InChI=1S/C27H31NO6S/c1-3-33-24(30)22-21(19-7-5-4-6-8-19)16(2)35-23(22)28-20(29)14-34-25(31)26-10-17-9-18(11-26)13-27(32,12-17)15-26/h4-8,17-18,32H,3,9-15H2,1-2H3,(H,28,29). The maximum atomic E-state index is 13.1. The monoisotopic (exact) mass is 497 g/mol. The molecule has 0 spiro atoms. The highest BCUT2D eigenvalue weighted by molar-refractivity contribution is 7.17. The number of aliphatic hydroxyl groups is 1. The molecule has 4 fully saturated rings. The summed E-state index contributed by atoms with van der Waals surface area (Å²) in [5.74, 6) is -0.711. The van der Waals surface area contributed by atoms with Gasteiger partial charge >= 0.3 is 11.9 Å². The van der Waals surface area contributed by atoms with Gasteiger partial charge in [0.2, 0.25) is 0 Å². The van der Waals surface area contributed by atoms with Gasteiger partial charge in [-0.25, -0.2) is 4.79 Å². The number of hydrogen-bond donors (Lipinski definition) is 2. The lowest BCUT2D eigenvalue weighted by atomic mass is 9.48. The lowest BCUT2D eigenvalue weighted by Gasteiger charge is -2.58. The van der Waals surface area contributed by atoms with E-state index < -0.39 is 35.5 Å². The van der Waals surface area contributed by atoms with Crippen molar-refractivity contribution >= 4 is 34.2 Å². The molecule has 2 atom stereocenters. The summed E-state index contributed by atoms with van der Waals surface area (Å²) in [6.07, 6.45) is 4.46. The quantitative estimate of drug-likeness (QED) is 0.537. The molecule has 6 rings (SSSR count). The molecule has 4 saturated carbocycles. The van der Waals surface area contributed by atoms with Crippen LogP contribution in [0.4, 0.5) is 5.00 Å². The van der Waals surface area contributed by atoms with Crippen LogP contribution in [0.2, 0.25) is 0 Å². The van der Waals surface area contributed by atoms with Crippen LogP contribution in [0.15, 0.2) is 30.3 Å². The Balaban J connectivity index is 1.30. The lowest BCUT2D eigenvalue weighted by molar-refractivity contribution is -0.196. The molecule has 1 amide bonds. The average molecular weight is 498 g/mol. The van der Waals surface area contributed by atoms with Gasteiger partial charge in [-0.15, -0.1) is 11.3 Å². The topological polar surface area (TPSA) is 102 Å². The van der Waals surface area contributed by atoms with Crippen molar-refractivity contribution in [1.29, 1.82) is 0 Å². The second kappa shape index (κ2) is 9.06. The molecule has 0 aliphatic heterocycles. The summed E-state index contributed by atoms with van der Waals surface area (Å²) in [5.41, 5.74) is 0.430. The highest BCUT2D eigenvalue weighted by atomic mass is 32.1. The van der Waals surface area contributed by atoms with Crippen LogP contribution in [0.25, 0.3) is 11.1 Å². The number of nitrogens with one attached hydrogen (secondary N) is 1. The van der Waals surface area contributed by atoms with Gasteiger partial charge in [-0.3, -0.25) is 9.59 Å². The summed E-state index contributed by atoms with van der Waals surface area (Å²) >= 11 is 1.29. The molecule has 4 bridgehead atoms. The fourth-order valence-corrected chi connectivity index (χ4v) is 7.96. The first kappa shape index (κ1) is 24.0. The number of rotatable bonds is 7. The molecule has 1 heterocycles. The van der Waals surface area contributed by atoms with Crippen LogP contribution in [-0.4, -0.2) is 41.8 Å². The van der Waals surface area contributed by atoms with Gasteiger partial charge in [0.25, 0.3) is 5.91 Å². The van der Waals surface area contributed by atoms with E-state index in [9.17, 15) is 19.5 Å². The zero-order chi connectivity index (χ0) is 24.8. The van der Waals surface area contributed by atoms with Crippen molar-refractivity contribution in [2.45, 2.75) is 58.0 Å². The highest BCUT2D eigenvalue weighted by Gasteiger charge is 2.60. The molecule has 2 aromatic rings. The molecule has 1 aromatic heterocycles. The second-order valence-corrected chi connectivity index (χ2v) is 11.6. The summed E-state index contributed by atoms with van der Waals surface area (Å²) in [7, 11) is 0. The first-order valence-electron chi connectivity index (χ1n) is 12.3. The van der Waals surface area contributed by atoms with Crippen molar-refractivity contribution in [3.05, 3.63) is 40.8 Å². The molecule has 1 aromatic carbocycles. The normalized spacial score (nSPS) is 28.5. The van der Waals surface area contributed by atoms with Crippen LogP contribution in [0.3, 0.4) is 0 Å². The third-order valence-electron chi connectivity index (χ3n) is 7.68. The number of ether oxygens (including phenoxy) is 2. The van der Waals surface area contributed by atoms with Crippen LogP contribution in [0.1, 0.15) is 60.7 Å². The van der Waals surface area contributed by atoms with Gasteiger partial charge in [-0.05, 0) is 69.8 Å². The molecule has 7 nitrogen and oxygen atoms in total. The van der Waals surface area contributed by atoms with Crippen LogP contribution < -0.4 is 5.32 Å². The molecule has 35 heavy (non-hydrogen) atoms. The van der Waals surface area contributed by atoms with Crippen molar-refractivity contribution < 1.29 is 29.0 Å². The maximum Gasteiger partial charge on any atom is 0.341 e. The number of carbonyl (C=O) groups excluding carboxylic acids is 3. The minimum atomic E-state index is -0.776. The molecule has 0 saturated heterocycles. The molecular formula is C27H31NO6S. The summed E-state index contributed by atoms with van der Waals surface area (Å²) in [6.45, 7) is 3.40. The summed E-state index contributed by atoms with van der Waals surface area (Å²) in [5, 5.41) is 14.1. The highest BCUT2D eigenvalue weighted by Crippen LogP contribution is 2.62. The van der Waals surface area contributed by atoms with E-state index in [-0.39, 0.29) is 6.61 Å². The summed E-state index contributed by atoms with van der Waals surface area (Å²) in [4.78, 5) is 39.6. The zero-order valence-corrected chi connectivity index (χ0v) is 20.9. The molecule has 8 heteroatoms. The SMILES string of the molecule is CCOC(=O)c1c(NC(=O)COC(=O)C23CC4CC(CC(O)(C4)C2)C3)sc(C)c1-c1ccccc1. The Morgan fingerprint density at radius 2 is 1.77 bits per heavy atom. The second-order valence-electron chi connectivity index (χ2n) is 10.4. The molecule has 4 aliphatic rings. The van der Waals surface area contributed by atoms with E-state index in [0.29, 0.717) is 28.8 Å².